The van der Waals surface area contributed by atoms with E-state index in [0.29, 0.717) is 29.7 Å². The van der Waals surface area contributed by atoms with E-state index in [1.54, 1.807) is 11.3 Å². The smallest absolute Gasteiger partial charge is 0.255 e. The Hall–Kier alpha value is -2.74. The highest BCUT2D eigenvalue weighted by atomic mass is 35.5. The van der Waals surface area contributed by atoms with Gasteiger partial charge >= 0.3 is 0 Å². The molecule has 0 saturated heterocycles. The molecular weight excluding hydrogens is 408 g/mol. The van der Waals surface area contributed by atoms with Crippen molar-refractivity contribution in [3.63, 3.8) is 0 Å². The molecule has 1 aromatic carbocycles. The molecule has 4 heterocycles. The molecule has 29 heavy (non-hydrogen) atoms. The Labute approximate surface area is 175 Å². The molecule has 0 bridgehead atoms. The first-order chi connectivity index (χ1) is 14.2. The van der Waals surface area contributed by atoms with Crippen LogP contribution in [0, 0.1) is 0 Å². The number of nitrogens with zero attached hydrogens (tertiary/aromatic N) is 3. The first-order valence-corrected chi connectivity index (χ1v) is 10.5. The minimum atomic E-state index is -0.0647. The summed E-state index contributed by atoms with van der Waals surface area (Å²) in [7, 11) is 0. The van der Waals surface area contributed by atoms with Gasteiger partial charge in [-0.1, -0.05) is 22.8 Å². The summed E-state index contributed by atoms with van der Waals surface area (Å²) in [4.78, 5) is 23.4. The van der Waals surface area contributed by atoms with E-state index in [-0.39, 0.29) is 5.56 Å². The molecule has 3 aromatic heterocycles. The predicted octanol–water partition coefficient (Wildman–Crippen LogP) is 4.37. The second kappa shape index (κ2) is 7.59. The molecule has 1 N–H and O–H groups in total. The monoisotopic (exact) mass is 424 g/mol. The van der Waals surface area contributed by atoms with Crippen LogP contribution in [0.4, 0.5) is 0 Å². The first-order valence-electron chi connectivity index (χ1n) is 9.25. The van der Waals surface area contributed by atoms with Crippen LogP contribution in [0.5, 0.6) is 0 Å². The molecule has 0 spiro atoms. The lowest BCUT2D eigenvalue weighted by Gasteiger charge is -2.26. The van der Waals surface area contributed by atoms with Crippen molar-refractivity contribution >= 4 is 22.9 Å². The summed E-state index contributed by atoms with van der Waals surface area (Å²) < 4.78 is 5.48. The van der Waals surface area contributed by atoms with Crippen molar-refractivity contribution in [2.24, 2.45) is 0 Å². The zero-order valence-corrected chi connectivity index (χ0v) is 17.0. The lowest BCUT2D eigenvalue weighted by atomic mass is 10.1. The molecule has 4 aromatic rings. The van der Waals surface area contributed by atoms with Crippen LogP contribution in [0.1, 0.15) is 17.0 Å². The molecule has 0 aliphatic carbocycles. The molecular formula is C21H17ClN4O2S. The lowest BCUT2D eigenvalue weighted by molar-refractivity contribution is 0.234. The third kappa shape index (κ3) is 3.76. The van der Waals surface area contributed by atoms with E-state index in [0.717, 1.165) is 40.4 Å². The van der Waals surface area contributed by atoms with Gasteiger partial charge in [0.15, 0.2) is 11.6 Å². The fourth-order valence-corrected chi connectivity index (χ4v) is 4.31. The summed E-state index contributed by atoms with van der Waals surface area (Å²) in [5.74, 6) is 1.36. The minimum absolute atomic E-state index is 0.0647. The van der Waals surface area contributed by atoms with Crippen molar-refractivity contribution in [2.45, 2.75) is 19.5 Å². The van der Waals surface area contributed by atoms with Gasteiger partial charge in [0.2, 0.25) is 0 Å². The van der Waals surface area contributed by atoms with Crippen LogP contribution in [-0.4, -0.2) is 26.6 Å². The van der Waals surface area contributed by atoms with Crippen molar-refractivity contribution in [3.05, 3.63) is 80.2 Å². The van der Waals surface area contributed by atoms with Gasteiger partial charge in [0.05, 0.1) is 21.8 Å². The van der Waals surface area contributed by atoms with Crippen LogP contribution in [-0.2, 0) is 19.5 Å². The number of H-pyrrole nitrogens is 1. The largest absolute Gasteiger partial charge is 0.356 e. The third-order valence-corrected chi connectivity index (χ3v) is 6.10. The zero-order chi connectivity index (χ0) is 19.8. The van der Waals surface area contributed by atoms with E-state index >= 15 is 0 Å². The number of nitrogens with one attached hydrogen (secondary N) is 1. The Morgan fingerprint density at radius 1 is 1.24 bits per heavy atom. The van der Waals surface area contributed by atoms with E-state index in [1.165, 1.54) is 0 Å². The Morgan fingerprint density at radius 2 is 2.10 bits per heavy atom. The van der Waals surface area contributed by atoms with Gasteiger partial charge in [-0.25, -0.2) is 4.98 Å². The van der Waals surface area contributed by atoms with Crippen molar-refractivity contribution in [3.8, 4) is 22.0 Å². The molecule has 0 unspecified atom stereocenters. The van der Waals surface area contributed by atoms with Crippen LogP contribution in [0.15, 0.2) is 57.2 Å². The number of aromatic amines is 1. The summed E-state index contributed by atoms with van der Waals surface area (Å²) >= 11 is 7.51. The number of benzene rings is 1. The van der Waals surface area contributed by atoms with Gasteiger partial charge in [-0.05, 0) is 35.7 Å². The molecule has 146 valence electrons. The molecule has 0 atom stereocenters. The van der Waals surface area contributed by atoms with Crippen molar-refractivity contribution in [1.82, 2.24) is 20.0 Å². The number of rotatable bonds is 4. The Bertz CT molecular complexity index is 1200. The van der Waals surface area contributed by atoms with E-state index in [1.807, 2.05) is 47.8 Å². The standard InChI is InChI=1S/C21H17ClN4O2S/c22-14-5-3-13(4-6-14)18-10-15(25-28-18)11-26-8-7-17-16(12-26)21(27)24-20(23-17)19-2-1-9-29-19/h1-6,9-10H,7-8,11-12H2,(H,23,24,27). The van der Waals surface area contributed by atoms with Crippen molar-refractivity contribution in [2.75, 3.05) is 6.54 Å². The molecule has 0 radical (unpaired) electrons. The van der Waals surface area contributed by atoms with E-state index in [2.05, 4.69) is 15.0 Å². The molecule has 5 rings (SSSR count). The van der Waals surface area contributed by atoms with Crippen LogP contribution < -0.4 is 5.56 Å². The average Bonchev–Trinajstić information content (AvgIpc) is 3.41. The van der Waals surface area contributed by atoms with Crippen molar-refractivity contribution in [1.29, 1.82) is 0 Å². The van der Waals surface area contributed by atoms with Gasteiger partial charge in [-0.2, -0.15) is 0 Å². The second-order valence-electron chi connectivity index (χ2n) is 6.97. The minimum Gasteiger partial charge on any atom is -0.356 e. The van der Waals surface area contributed by atoms with Crippen molar-refractivity contribution < 1.29 is 4.52 Å². The summed E-state index contributed by atoms with van der Waals surface area (Å²) in [6.07, 6.45) is 0.736. The zero-order valence-electron chi connectivity index (χ0n) is 15.4. The summed E-state index contributed by atoms with van der Waals surface area (Å²) in [5.41, 5.74) is 3.32. The number of fused-ring (bicyclic) bond motifs is 1. The maximum atomic E-state index is 12.6. The van der Waals surface area contributed by atoms with Gasteiger partial charge in [-0.3, -0.25) is 9.69 Å². The third-order valence-electron chi connectivity index (χ3n) is 4.98. The molecule has 0 saturated carbocycles. The van der Waals surface area contributed by atoms with Gasteiger partial charge in [0.1, 0.15) is 0 Å². The number of hydrogen-bond acceptors (Lipinski definition) is 6. The molecule has 0 fully saturated rings. The highest BCUT2D eigenvalue weighted by molar-refractivity contribution is 7.13. The topological polar surface area (TPSA) is 75.0 Å². The predicted molar refractivity (Wildman–Crippen MR) is 113 cm³/mol. The van der Waals surface area contributed by atoms with Gasteiger partial charge in [-0.15, -0.1) is 11.3 Å². The molecule has 0 amide bonds. The fourth-order valence-electron chi connectivity index (χ4n) is 3.51. The summed E-state index contributed by atoms with van der Waals surface area (Å²) in [5, 5.41) is 6.85. The maximum Gasteiger partial charge on any atom is 0.255 e. The van der Waals surface area contributed by atoms with Gasteiger partial charge in [0, 0.05) is 42.7 Å². The van der Waals surface area contributed by atoms with E-state index < -0.39 is 0 Å². The normalized spacial score (nSPS) is 14.1. The second-order valence-corrected chi connectivity index (χ2v) is 8.35. The quantitative estimate of drug-likeness (QED) is 0.526. The maximum absolute atomic E-state index is 12.6. The van der Waals surface area contributed by atoms with Gasteiger partial charge < -0.3 is 9.51 Å². The lowest BCUT2D eigenvalue weighted by Crippen LogP contribution is -2.35. The molecule has 8 heteroatoms. The van der Waals surface area contributed by atoms with Gasteiger partial charge in [0.25, 0.3) is 5.56 Å². The van der Waals surface area contributed by atoms with Crippen LogP contribution in [0.25, 0.3) is 22.0 Å². The molecule has 6 nitrogen and oxygen atoms in total. The van der Waals surface area contributed by atoms with Crippen LogP contribution >= 0.6 is 22.9 Å². The van der Waals surface area contributed by atoms with E-state index in [4.69, 9.17) is 21.1 Å². The van der Waals surface area contributed by atoms with Crippen LogP contribution in [0.2, 0.25) is 5.02 Å². The molecule has 1 aliphatic heterocycles. The number of halogens is 1. The Morgan fingerprint density at radius 3 is 2.90 bits per heavy atom. The number of thiophene rings is 1. The van der Waals surface area contributed by atoms with Crippen LogP contribution in [0.3, 0.4) is 0 Å². The Balaban J connectivity index is 1.33. The average molecular weight is 425 g/mol. The Kier molecular flexibility index (Phi) is 4.79. The highest BCUT2D eigenvalue weighted by Crippen LogP contribution is 2.25. The molecule has 1 aliphatic rings. The van der Waals surface area contributed by atoms with E-state index in [9.17, 15) is 4.79 Å². The fraction of sp³-hybridized carbons (Fsp3) is 0.190. The highest BCUT2D eigenvalue weighted by Gasteiger charge is 2.22. The SMILES string of the molecule is O=c1[nH]c(-c2cccs2)nc2c1CN(Cc1cc(-c3ccc(Cl)cc3)on1)CC2. The summed E-state index contributed by atoms with van der Waals surface area (Å²) in [6.45, 7) is 1.98. The number of hydrogen-bond donors (Lipinski definition) is 1. The number of aromatic nitrogens is 3. The first kappa shape index (κ1) is 18.3. The summed E-state index contributed by atoms with van der Waals surface area (Å²) in [6, 6.07) is 13.3.